The summed E-state index contributed by atoms with van der Waals surface area (Å²) < 4.78 is 13.2. The van der Waals surface area contributed by atoms with E-state index < -0.39 is 5.82 Å². The van der Waals surface area contributed by atoms with Crippen LogP contribution in [0.4, 0.5) is 4.39 Å². The zero-order valence-corrected chi connectivity index (χ0v) is 6.56. The smallest absolute Gasteiger partial charge is 0.153 e. The molecule has 1 rings (SSSR count). The van der Waals surface area contributed by atoms with Crippen molar-refractivity contribution in [2.24, 2.45) is 0 Å². The molecule has 0 amide bonds. The van der Waals surface area contributed by atoms with Crippen LogP contribution in [0.25, 0.3) is 0 Å². The Hall–Kier alpha value is -0.700. The molecule has 0 unspecified atom stereocenters. The fourth-order valence-corrected chi connectivity index (χ4v) is 0.984. The molecule has 0 fully saturated rings. The fraction of sp³-hybridized carbons (Fsp3) is 0. The maximum atomic E-state index is 12.5. The van der Waals surface area contributed by atoms with Gasteiger partial charge in [-0.25, -0.2) is 4.39 Å². The molecular weight excluding hydrogens is 205 g/mol. The zero-order valence-electron chi connectivity index (χ0n) is 4.97. The first-order chi connectivity index (χ1) is 4.74. The van der Waals surface area contributed by atoms with Gasteiger partial charge in [0.25, 0.3) is 0 Å². The molecule has 0 aliphatic heterocycles. The zero-order chi connectivity index (χ0) is 7.56. The minimum absolute atomic E-state index is 0.0781. The van der Waals surface area contributed by atoms with Crippen LogP contribution < -0.4 is 0 Å². The van der Waals surface area contributed by atoms with Crippen LogP contribution in [0, 0.1) is 5.82 Å². The summed E-state index contributed by atoms with van der Waals surface area (Å²) in [5.41, 5.74) is 0.0781. The van der Waals surface area contributed by atoms with Crippen molar-refractivity contribution >= 4 is 22.2 Å². The molecule has 0 N–H and O–H groups in total. The lowest BCUT2D eigenvalue weighted by atomic mass is 11.0. The molecule has 0 aromatic heterocycles. The Morgan fingerprint density at radius 1 is 1.50 bits per heavy atom. The van der Waals surface area contributed by atoms with Crippen LogP contribution in [0.5, 0.6) is 0 Å². The van der Waals surface area contributed by atoms with Crippen molar-refractivity contribution in [1.29, 1.82) is 0 Å². The van der Waals surface area contributed by atoms with Crippen LogP contribution in [-0.2, 0) is 0 Å². The molecule has 52 valence electrons. The standard InChI is InChI=1S/C7H4BrFO/c8-6-1-2-7(9)5(3-6)4-10/h1-4H/i1+1,2+1,3+1,5+1,6+1,7+1. The predicted molar refractivity (Wildman–Crippen MR) is 39.5 cm³/mol. The van der Waals surface area contributed by atoms with Gasteiger partial charge in [-0.05, 0) is 18.2 Å². The number of aldehydes is 1. The number of benzene rings is 1. The van der Waals surface area contributed by atoms with E-state index >= 15 is 0 Å². The predicted octanol–water partition coefficient (Wildman–Crippen LogP) is 2.40. The average Bonchev–Trinajstić information content (AvgIpc) is 1.94. The Balaban J connectivity index is 3.21. The van der Waals surface area contributed by atoms with E-state index in [9.17, 15) is 9.18 Å². The largest absolute Gasteiger partial charge is 0.298 e. The van der Waals surface area contributed by atoms with E-state index in [0.29, 0.717) is 10.8 Å². The Labute approximate surface area is 66.0 Å². The third-order valence-corrected chi connectivity index (χ3v) is 1.58. The van der Waals surface area contributed by atoms with Crippen molar-refractivity contribution in [3.8, 4) is 0 Å². The maximum Gasteiger partial charge on any atom is 0.153 e. The molecule has 0 aliphatic rings. The summed E-state index contributed by atoms with van der Waals surface area (Å²) in [5.74, 6) is -0.488. The summed E-state index contributed by atoms with van der Waals surface area (Å²) >= 11 is 3.11. The highest BCUT2D eigenvalue weighted by Crippen LogP contribution is 2.13. The highest BCUT2D eigenvalue weighted by atomic mass is 79.9. The van der Waals surface area contributed by atoms with Crippen LogP contribution in [0.1, 0.15) is 10.4 Å². The Bertz CT molecular complexity index is 260. The Morgan fingerprint density at radius 2 is 2.20 bits per heavy atom. The van der Waals surface area contributed by atoms with Crippen LogP contribution in [0.3, 0.4) is 0 Å². The summed E-state index contributed by atoms with van der Waals surface area (Å²) in [4.78, 5) is 10.1. The van der Waals surface area contributed by atoms with E-state index in [2.05, 4.69) is 15.9 Å². The summed E-state index contributed by atoms with van der Waals surface area (Å²) in [6.45, 7) is 0. The summed E-state index contributed by atoms with van der Waals surface area (Å²) in [6.07, 6.45) is 0.486. The van der Waals surface area contributed by atoms with Crippen LogP contribution in [-0.4, -0.2) is 6.29 Å². The molecule has 0 atom stereocenters. The van der Waals surface area contributed by atoms with E-state index in [0.717, 1.165) is 0 Å². The molecule has 1 nitrogen and oxygen atoms in total. The highest BCUT2D eigenvalue weighted by molar-refractivity contribution is 9.10. The molecule has 0 radical (unpaired) electrons. The molecule has 0 heterocycles. The number of halogens is 2. The summed E-state index contributed by atoms with van der Waals surface area (Å²) in [7, 11) is 0. The van der Waals surface area contributed by atoms with Crippen molar-refractivity contribution in [3.63, 3.8) is 0 Å². The second-order valence-electron chi connectivity index (χ2n) is 1.78. The van der Waals surface area contributed by atoms with Gasteiger partial charge in [0.15, 0.2) is 6.29 Å². The third kappa shape index (κ3) is 1.42. The fourth-order valence-electron chi connectivity index (χ4n) is 0.605. The summed E-state index contributed by atoms with van der Waals surface area (Å²) in [5, 5.41) is 0. The van der Waals surface area contributed by atoms with E-state index in [1.165, 1.54) is 12.1 Å². The van der Waals surface area contributed by atoms with Crippen molar-refractivity contribution in [3.05, 3.63) is 34.1 Å². The number of carbonyl (C=O) groups excluding carboxylic acids is 1. The van der Waals surface area contributed by atoms with Gasteiger partial charge in [-0.3, -0.25) is 4.79 Å². The number of hydrogen-bond acceptors (Lipinski definition) is 1. The van der Waals surface area contributed by atoms with Gasteiger partial charge in [0, 0.05) is 4.47 Å². The molecule has 0 saturated carbocycles. The van der Waals surface area contributed by atoms with Gasteiger partial charge >= 0.3 is 0 Å². The first-order valence-electron chi connectivity index (χ1n) is 2.64. The van der Waals surface area contributed by atoms with Crippen LogP contribution >= 0.6 is 15.9 Å². The van der Waals surface area contributed by atoms with Gasteiger partial charge in [-0.15, -0.1) is 0 Å². The van der Waals surface area contributed by atoms with E-state index in [1.807, 2.05) is 0 Å². The lowest BCUT2D eigenvalue weighted by Gasteiger charge is -1.92. The quantitative estimate of drug-likeness (QED) is 0.649. The SMILES string of the molecule is O=C[13c]1[13cH][13c](Br)[13cH][13cH][13c]1F. The third-order valence-electron chi connectivity index (χ3n) is 1.09. The first-order valence-corrected chi connectivity index (χ1v) is 3.43. The molecule has 0 spiro atoms. The van der Waals surface area contributed by atoms with Gasteiger partial charge in [-0.1, -0.05) is 15.9 Å². The topological polar surface area (TPSA) is 17.1 Å². The van der Waals surface area contributed by atoms with E-state index in [1.54, 1.807) is 6.07 Å². The average molecular weight is 209 g/mol. The molecule has 1 aromatic rings. The lowest BCUT2D eigenvalue weighted by Crippen LogP contribution is -1.85. The second kappa shape index (κ2) is 2.92. The van der Waals surface area contributed by atoms with E-state index in [-0.39, 0.29) is 5.56 Å². The molecule has 0 aliphatic carbocycles. The normalized spacial score (nSPS) is 9.40. The minimum Gasteiger partial charge on any atom is -0.298 e. The Kier molecular flexibility index (Phi) is 2.17. The van der Waals surface area contributed by atoms with Gasteiger partial charge in [-0.2, -0.15) is 0 Å². The number of rotatable bonds is 1. The maximum absolute atomic E-state index is 12.5. The van der Waals surface area contributed by atoms with E-state index in [4.69, 9.17) is 0 Å². The molecule has 1 aromatic carbocycles. The molecule has 0 saturated heterocycles. The lowest BCUT2D eigenvalue weighted by molar-refractivity contribution is 0.112. The molecule has 10 heavy (non-hydrogen) atoms. The van der Waals surface area contributed by atoms with Gasteiger partial charge in [0.05, 0.1) is 5.56 Å². The Morgan fingerprint density at radius 3 is 2.70 bits per heavy atom. The van der Waals surface area contributed by atoms with Crippen molar-refractivity contribution < 1.29 is 9.18 Å². The molecule has 0 bridgehead atoms. The molecule has 3 heteroatoms. The number of carbonyl (C=O) groups is 1. The highest BCUT2D eigenvalue weighted by Gasteiger charge is 1.98. The van der Waals surface area contributed by atoms with Gasteiger partial charge in [0.1, 0.15) is 5.82 Å². The first kappa shape index (κ1) is 7.41. The van der Waals surface area contributed by atoms with Crippen molar-refractivity contribution in [2.75, 3.05) is 0 Å². The van der Waals surface area contributed by atoms with Crippen molar-refractivity contribution in [1.82, 2.24) is 0 Å². The van der Waals surface area contributed by atoms with Crippen LogP contribution in [0.15, 0.2) is 22.7 Å². The van der Waals surface area contributed by atoms with Gasteiger partial charge in [0.2, 0.25) is 0 Å². The molecular formula is C7H4BrFO. The second-order valence-corrected chi connectivity index (χ2v) is 2.70. The number of hydrogen-bond donors (Lipinski definition) is 0. The van der Waals surface area contributed by atoms with Crippen molar-refractivity contribution in [2.45, 2.75) is 0 Å². The minimum atomic E-state index is -0.488. The van der Waals surface area contributed by atoms with Gasteiger partial charge < -0.3 is 0 Å². The van der Waals surface area contributed by atoms with Crippen LogP contribution in [0.2, 0.25) is 0 Å². The summed E-state index contributed by atoms with van der Waals surface area (Å²) in [6, 6.07) is 4.22. The monoisotopic (exact) mass is 208 g/mol.